The number of phenolic OH excluding ortho intramolecular Hbond substituents is 1. The summed E-state index contributed by atoms with van der Waals surface area (Å²) in [4.78, 5) is 0. The fourth-order valence-electron chi connectivity index (χ4n) is 2.55. The number of hydrogen-bond donors (Lipinski definition) is 1. The maximum atomic E-state index is 10.3. The van der Waals surface area contributed by atoms with Crippen molar-refractivity contribution in [3.63, 3.8) is 0 Å². The summed E-state index contributed by atoms with van der Waals surface area (Å²) in [5, 5.41) is 10.3. The average Bonchev–Trinajstić information content (AvgIpc) is 2.13. The van der Waals surface area contributed by atoms with Crippen LogP contribution in [-0.2, 0) is 10.8 Å². The second kappa shape index (κ2) is 4.49. The standard InChI is InChI=1S/C16H26O2/c1-10-13(16(5,6)7)12(17)9-11(14(10)18-8)15(2,3)4/h9,17H,1-8H3. The summed E-state index contributed by atoms with van der Waals surface area (Å²) < 4.78 is 5.58. The zero-order valence-corrected chi connectivity index (χ0v) is 12.9. The van der Waals surface area contributed by atoms with E-state index < -0.39 is 0 Å². The number of rotatable bonds is 1. The van der Waals surface area contributed by atoms with E-state index in [1.165, 1.54) is 0 Å². The van der Waals surface area contributed by atoms with Crippen molar-refractivity contribution < 1.29 is 9.84 Å². The van der Waals surface area contributed by atoms with E-state index in [0.717, 1.165) is 22.4 Å². The van der Waals surface area contributed by atoms with Gasteiger partial charge in [-0.25, -0.2) is 0 Å². The first-order valence-electron chi connectivity index (χ1n) is 6.41. The van der Waals surface area contributed by atoms with Crippen LogP contribution in [0.4, 0.5) is 0 Å². The summed E-state index contributed by atoms with van der Waals surface area (Å²) in [7, 11) is 1.70. The molecule has 102 valence electrons. The summed E-state index contributed by atoms with van der Waals surface area (Å²) in [6.45, 7) is 14.7. The highest BCUT2D eigenvalue weighted by Crippen LogP contribution is 2.43. The van der Waals surface area contributed by atoms with Gasteiger partial charge in [-0.3, -0.25) is 0 Å². The molecular weight excluding hydrogens is 224 g/mol. The molecule has 0 aliphatic rings. The third-order valence-electron chi connectivity index (χ3n) is 3.26. The van der Waals surface area contributed by atoms with Crippen molar-refractivity contribution in [1.29, 1.82) is 0 Å². The Kier molecular flexibility index (Phi) is 3.71. The SMILES string of the molecule is COc1c(C(C)(C)C)cc(O)c(C(C)(C)C)c1C. The summed E-state index contributed by atoms with van der Waals surface area (Å²) in [6, 6.07) is 1.85. The van der Waals surface area contributed by atoms with Gasteiger partial charge in [0.05, 0.1) is 7.11 Å². The van der Waals surface area contributed by atoms with Gasteiger partial charge >= 0.3 is 0 Å². The van der Waals surface area contributed by atoms with Gasteiger partial charge < -0.3 is 9.84 Å². The molecule has 0 heterocycles. The van der Waals surface area contributed by atoms with Gasteiger partial charge in [0, 0.05) is 11.1 Å². The van der Waals surface area contributed by atoms with Gasteiger partial charge in [0.2, 0.25) is 0 Å². The Bertz CT molecular complexity index is 446. The topological polar surface area (TPSA) is 29.5 Å². The summed E-state index contributed by atoms with van der Waals surface area (Å²) >= 11 is 0. The van der Waals surface area contributed by atoms with Crippen molar-refractivity contribution in [2.75, 3.05) is 7.11 Å². The monoisotopic (exact) mass is 250 g/mol. The molecule has 1 rings (SSSR count). The Morgan fingerprint density at radius 1 is 1.00 bits per heavy atom. The molecule has 0 atom stereocenters. The van der Waals surface area contributed by atoms with Gasteiger partial charge in [-0.1, -0.05) is 41.5 Å². The summed E-state index contributed by atoms with van der Waals surface area (Å²) in [5.41, 5.74) is 2.90. The fraction of sp³-hybridized carbons (Fsp3) is 0.625. The Balaban J connectivity index is 3.66. The van der Waals surface area contributed by atoms with Gasteiger partial charge in [-0.05, 0) is 29.4 Å². The predicted octanol–water partition coefficient (Wildman–Crippen LogP) is 4.30. The van der Waals surface area contributed by atoms with E-state index in [2.05, 4.69) is 41.5 Å². The molecule has 0 aliphatic carbocycles. The first kappa shape index (κ1) is 14.9. The van der Waals surface area contributed by atoms with E-state index in [-0.39, 0.29) is 10.8 Å². The van der Waals surface area contributed by atoms with Crippen LogP contribution in [0.1, 0.15) is 58.2 Å². The highest BCUT2D eigenvalue weighted by Gasteiger charge is 2.28. The van der Waals surface area contributed by atoms with E-state index >= 15 is 0 Å². The molecular formula is C16H26O2. The molecule has 18 heavy (non-hydrogen) atoms. The molecule has 1 aromatic rings. The normalized spacial score (nSPS) is 12.7. The number of hydrogen-bond acceptors (Lipinski definition) is 2. The average molecular weight is 250 g/mol. The van der Waals surface area contributed by atoms with Gasteiger partial charge in [-0.15, -0.1) is 0 Å². The highest BCUT2D eigenvalue weighted by molar-refractivity contribution is 5.57. The van der Waals surface area contributed by atoms with Crippen molar-refractivity contribution in [1.82, 2.24) is 0 Å². The maximum absolute atomic E-state index is 10.3. The molecule has 2 nitrogen and oxygen atoms in total. The largest absolute Gasteiger partial charge is 0.508 e. The number of methoxy groups -OCH3 is 1. The first-order chi connectivity index (χ1) is 8.00. The zero-order valence-electron chi connectivity index (χ0n) is 12.9. The molecule has 0 spiro atoms. The lowest BCUT2D eigenvalue weighted by molar-refractivity contribution is 0.384. The van der Waals surface area contributed by atoms with Crippen LogP contribution in [0.15, 0.2) is 6.07 Å². The quantitative estimate of drug-likeness (QED) is 0.805. The van der Waals surface area contributed by atoms with Crippen molar-refractivity contribution in [2.45, 2.75) is 59.3 Å². The van der Waals surface area contributed by atoms with Crippen molar-refractivity contribution >= 4 is 0 Å². The lowest BCUT2D eigenvalue weighted by atomic mass is 9.78. The number of phenols is 1. The van der Waals surface area contributed by atoms with E-state index in [9.17, 15) is 5.11 Å². The Morgan fingerprint density at radius 3 is 1.83 bits per heavy atom. The van der Waals surface area contributed by atoms with Crippen LogP contribution in [0.3, 0.4) is 0 Å². The minimum absolute atomic E-state index is 0.0516. The summed E-state index contributed by atoms with van der Waals surface area (Å²) in [5.74, 6) is 1.26. The Labute approximate surface area is 111 Å². The first-order valence-corrected chi connectivity index (χ1v) is 6.41. The van der Waals surface area contributed by atoms with Gasteiger partial charge in [0.25, 0.3) is 0 Å². The van der Waals surface area contributed by atoms with Gasteiger partial charge in [0.1, 0.15) is 11.5 Å². The van der Waals surface area contributed by atoms with Gasteiger partial charge in [-0.2, -0.15) is 0 Å². The van der Waals surface area contributed by atoms with E-state index in [1.54, 1.807) is 7.11 Å². The molecule has 2 heteroatoms. The van der Waals surface area contributed by atoms with Crippen LogP contribution >= 0.6 is 0 Å². The molecule has 0 radical (unpaired) electrons. The van der Waals surface area contributed by atoms with Crippen LogP contribution in [0.2, 0.25) is 0 Å². The molecule has 1 N–H and O–H groups in total. The van der Waals surface area contributed by atoms with Crippen LogP contribution in [0, 0.1) is 6.92 Å². The third-order valence-corrected chi connectivity index (χ3v) is 3.26. The molecule has 0 amide bonds. The smallest absolute Gasteiger partial charge is 0.126 e. The van der Waals surface area contributed by atoms with E-state index in [4.69, 9.17) is 4.74 Å². The molecule has 0 unspecified atom stereocenters. The maximum Gasteiger partial charge on any atom is 0.126 e. The fourth-order valence-corrected chi connectivity index (χ4v) is 2.55. The predicted molar refractivity (Wildman–Crippen MR) is 76.8 cm³/mol. The molecule has 0 saturated heterocycles. The molecule has 0 bridgehead atoms. The summed E-state index contributed by atoms with van der Waals surface area (Å²) in [6.07, 6.45) is 0. The van der Waals surface area contributed by atoms with Crippen molar-refractivity contribution in [3.8, 4) is 11.5 Å². The van der Waals surface area contributed by atoms with Crippen LogP contribution in [0.25, 0.3) is 0 Å². The molecule has 1 aromatic carbocycles. The van der Waals surface area contributed by atoms with Crippen LogP contribution < -0.4 is 4.74 Å². The molecule has 0 aromatic heterocycles. The highest BCUT2D eigenvalue weighted by atomic mass is 16.5. The molecule has 0 aliphatic heterocycles. The molecule has 0 fully saturated rings. The number of aromatic hydroxyl groups is 1. The van der Waals surface area contributed by atoms with E-state index in [1.807, 2.05) is 13.0 Å². The van der Waals surface area contributed by atoms with Crippen LogP contribution in [0.5, 0.6) is 11.5 Å². The van der Waals surface area contributed by atoms with E-state index in [0.29, 0.717) is 5.75 Å². The van der Waals surface area contributed by atoms with Crippen LogP contribution in [-0.4, -0.2) is 12.2 Å². The molecule has 0 saturated carbocycles. The zero-order chi connectivity index (χ0) is 14.3. The Hall–Kier alpha value is -1.18. The number of ether oxygens (including phenoxy) is 1. The lowest BCUT2D eigenvalue weighted by Gasteiger charge is -2.29. The minimum atomic E-state index is -0.0993. The lowest BCUT2D eigenvalue weighted by Crippen LogP contribution is -2.18. The van der Waals surface area contributed by atoms with Gasteiger partial charge in [0.15, 0.2) is 0 Å². The van der Waals surface area contributed by atoms with Crippen molar-refractivity contribution in [3.05, 3.63) is 22.8 Å². The second-order valence-electron chi connectivity index (χ2n) is 6.98. The third kappa shape index (κ3) is 2.63. The number of benzene rings is 1. The second-order valence-corrected chi connectivity index (χ2v) is 6.98. The minimum Gasteiger partial charge on any atom is -0.508 e. The van der Waals surface area contributed by atoms with Crippen molar-refractivity contribution in [2.24, 2.45) is 0 Å². The Morgan fingerprint density at radius 2 is 1.50 bits per heavy atom.